The molecular weight excluding hydrogens is 906 g/mol. The molecule has 19 heteroatoms. The summed E-state index contributed by atoms with van der Waals surface area (Å²) in [7, 11) is -2.13. The zero-order valence-electron chi connectivity index (χ0n) is 35.8. The zero-order valence-corrected chi connectivity index (χ0v) is 39.9. The second-order valence-electron chi connectivity index (χ2n) is 16.2. The third-order valence-electron chi connectivity index (χ3n) is 10.6. The molecule has 2 aromatic heterocycles. The van der Waals surface area contributed by atoms with Crippen molar-refractivity contribution in [2.45, 2.75) is 90.9 Å². The van der Waals surface area contributed by atoms with Crippen LogP contribution in [-0.4, -0.2) is 56.2 Å². The molecule has 0 fully saturated rings. The Balaban J connectivity index is 0.000000243. The lowest BCUT2D eigenvalue weighted by atomic mass is 10.1. The van der Waals surface area contributed by atoms with Crippen molar-refractivity contribution >= 4 is 77.5 Å². The molecule has 63 heavy (non-hydrogen) atoms. The lowest BCUT2D eigenvalue weighted by Gasteiger charge is -2.40. The predicted octanol–water partition coefficient (Wildman–Crippen LogP) is 13.3. The van der Waals surface area contributed by atoms with E-state index in [0.717, 1.165) is 11.3 Å². The molecule has 6 aromatic rings. The molecular formula is C44H46Cl4N8O6Si. The van der Waals surface area contributed by atoms with Crippen LogP contribution in [0.3, 0.4) is 0 Å². The topological polar surface area (TPSA) is 181 Å². The SMILES string of the molecule is [C-]#[N+]c1ccc(N[C@@H](c2nnc(-c3ccc(O)c(Cl)c3)o2)[C@@H](C)O)c(C)c1Cl.[C-]#[N+]c1ccc(N[C@@H](c2nnc(-c3ccc(O)c(Cl)c3)o2)[C@@H](C)O[Si](C)(C)C(C)(C)C)c(C)c1Cl. The molecule has 0 unspecified atom stereocenters. The van der Waals surface area contributed by atoms with Gasteiger partial charge in [0.2, 0.25) is 34.9 Å². The van der Waals surface area contributed by atoms with Crippen molar-refractivity contribution in [1.82, 2.24) is 20.4 Å². The Hall–Kier alpha value is -5.36. The first-order chi connectivity index (χ1) is 29.6. The summed E-state index contributed by atoms with van der Waals surface area (Å²) in [6.07, 6.45) is -1.19. The van der Waals surface area contributed by atoms with Crippen LogP contribution in [0.25, 0.3) is 32.6 Å². The van der Waals surface area contributed by atoms with Crippen LogP contribution in [0.5, 0.6) is 11.5 Å². The number of aromatic hydroxyl groups is 2. The molecule has 0 saturated carbocycles. The van der Waals surface area contributed by atoms with Gasteiger partial charge in [-0.1, -0.05) is 79.3 Å². The van der Waals surface area contributed by atoms with E-state index in [1.54, 1.807) is 50.2 Å². The highest BCUT2D eigenvalue weighted by atomic mass is 35.5. The molecule has 330 valence electrons. The minimum absolute atomic E-state index is 0.00507. The third kappa shape index (κ3) is 11.2. The van der Waals surface area contributed by atoms with Gasteiger partial charge in [-0.3, -0.25) is 0 Å². The number of nitrogens with zero attached hydrogens (tertiary/aromatic N) is 6. The highest BCUT2D eigenvalue weighted by Crippen LogP contribution is 2.41. The minimum atomic E-state index is -2.13. The van der Waals surface area contributed by atoms with Gasteiger partial charge in [-0.25, -0.2) is 9.69 Å². The van der Waals surface area contributed by atoms with Gasteiger partial charge in [0.25, 0.3) is 0 Å². The molecule has 0 aliphatic heterocycles. The molecule has 0 spiro atoms. The summed E-state index contributed by atoms with van der Waals surface area (Å²) < 4.78 is 18.4. The highest BCUT2D eigenvalue weighted by molar-refractivity contribution is 6.74. The maximum absolute atomic E-state index is 10.2. The number of halogens is 4. The Bertz CT molecular complexity index is 2690. The van der Waals surface area contributed by atoms with E-state index in [4.69, 9.17) is 72.8 Å². The van der Waals surface area contributed by atoms with Gasteiger partial charge in [0, 0.05) is 22.5 Å². The Kier molecular flexibility index (Phi) is 15.4. The molecule has 6 rings (SSSR count). The van der Waals surface area contributed by atoms with Crippen molar-refractivity contribution in [2.75, 3.05) is 10.6 Å². The summed E-state index contributed by atoms with van der Waals surface area (Å²) in [4.78, 5) is 6.84. The summed E-state index contributed by atoms with van der Waals surface area (Å²) >= 11 is 24.6. The number of rotatable bonds is 12. The molecule has 0 amide bonds. The number of phenols is 2. The summed E-state index contributed by atoms with van der Waals surface area (Å²) in [6, 6.07) is 14.8. The van der Waals surface area contributed by atoms with Crippen LogP contribution in [0.1, 0.15) is 69.6 Å². The number of aliphatic hydroxyl groups excluding tert-OH is 1. The molecule has 0 aliphatic carbocycles. The minimum Gasteiger partial charge on any atom is -0.506 e. The number of aliphatic hydroxyl groups is 1. The number of nitrogens with one attached hydrogen (secondary N) is 2. The van der Waals surface area contributed by atoms with Crippen LogP contribution in [-0.2, 0) is 4.43 Å². The van der Waals surface area contributed by atoms with E-state index in [9.17, 15) is 15.3 Å². The average molecular weight is 953 g/mol. The Morgan fingerprint density at radius 2 is 1.10 bits per heavy atom. The molecule has 2 heterocycles. The number of anilines is 2. The molecule has 0 bridgehead atoms. The summed E-state index contributed by atoms with van der Waals surface area (Å²) in [6.45, 7) is 32.5. The standard InChI is InChI=1S/C25H30Cl2N4O3Si.C19H16Cl2N4O3/c1-14-18(10-11-19(28-6)21(14)27)29-22(15(2)34-35(7,8)25(3,4)5)24-31-30-23(33-24)16-9-12-20(32)17(26)13-16;1-9-13(5-6-14(22-3)16(9)21)23-17(10(2)26)19-25-24-18(28-19)11-4-7-15(27)12(20)8-11/h9-13,15,22,29,32H,1-5,7-8H3;4-8,10,17,23,26-27H,1-2H3/t15-,22-;10-,17-/m11/s1. The van der Waals surface area contributed by atoms with E-state index in [1.807, 2.05) is 19.9 Å². The third-order valence-corrected chi connectivity index (χ3v) is 16.8. The van der Waals surface area contributed by atoms with Crippen molar-refractivity contribution in [2.24, 2.45) is 0 Å². The van der Waals surface area contributed by atoms with Crippen LogP contribution in [0.2, 0.25) is 38.2 Å². The Morgan fingerprint density at radius 1 is 0.683 bits per heavy atom. The Labute approximate surface area is 386 Å². The largest absolute Gasteiger partial charge is 0.506 e. The van der Waals surface area contributed by atoms with Gasteiger partial charge in [0.1, 0.15) is 23.6 Å². The molecule has 5 N–H and O–H groups in total. The van der Waals surface area contributed by atoms with Crippen LogP contribution >= 0.6 is 46.4 Å². The van der Waals surface area contributed by atoms with Crippen molar-refractivity contribution in [3.05, 3.63) is 126 Å². The van der Waals surface area contributed by atoms with Gasteiger partial charge < -0.3 is 39.2 Å². The zero-order chi connectivity index (χ0) is 46.6. The Morgan fingerprint density at radius 3 is 1.48 bits per heavy atom. The summed E-state index contributed by atoms with van der Waals surface area (Å²) in [5, 5.41) is 53.7. The fourth-order valence-electron chi connectivity index (χ4n) is 5.87. The monoisotopic (exact) mass is 950 g/mol. The van der Waals surface area contributed by atoms with E-state index in [-0.39, 0.29) is 50.4 Å². The maximum Gasteiger partial charge on any atom is 0.247 e. The van der Waals surface area contributed by atoms with Crippen LogP contribution in [0, 0.1) is 27.0 Å². The van der Waals surface area contributed by atoms with Crippen LogP contribution < -0.4 is 10.6 Å². The predicted molar refractivity (Wildman–Crippen MR) is 250 cm³/mol. The second-order valence-corrected chi connectivity index (χ2v) is 22.5. The van der Waals surface area contributed by atoms with Crippen molar-refractivity contribution < 1.29 is 28.6 Å². The molecule has 0 radical (unpaired) electrons. The van der Waals surface area contributed by atoms with E-state index in [0.29, 0.717) is 49.7 Å². The van der Waals surface area contributed by atoms with Gasteiger partial charge in [-0.15, -0.1) is 20.4 Å². The van der Waals surface area contributed by atoms with Gasteiger partial charge in [-0.05, 0) is 105 Å². The van der Waals surface area contributed by atoms with E-state index >= 15 is 0 Å². The van der Waals surface area contributed by atoms with Gasteiger partial charge in [0.15, 0.2) is 8.32 Å². The molecule has 14 nitrogen and oxygen atoms in total. The summed E-state index contributed by atoms with van der Waals surface area (Å²) in [5.74, 6) is 0.887. The van der Waals surface area contributed by atoms with E-state index in [2.05, 4.69) is 74.6 Å². The number of hydrogen-bond acceptors (Lipinski definition) is 12. The van der Waals surface area contributed by atoms with Crippen molar-refractivity contribution in [1.29, 1.82) is 0 Å². The second kappa shape index (κ2) is 20.0. The lowest BCUT2D eigenvalue weighted by Crippen LogP contribution is -2.45. The smallest absolute Gasteiger partial charge is 0.247 e. The quantitative estimate of drug-likeness (QED) is 0.0579. The summed E-state index contributed by atoms with van der Waals surface area (Å²) in [5.41, 5.74) is 4.65. The molecule has 4 aromatic carbocycles. The average Bonchev–Trinajstić information content (AvgIpc) is 3.92. The highest BCUT2D eigenvalue weighted by Gasteiger charge is 2.41. The van der Waals surface area contributed by atoms with Crippen molar-refractivity contribution in [3.8, 4) is 34.4 Å². The molecule has 4 atom stereocenters. The number of hydrogen-bond donors (Lipinski definition) is 5. The van der Waals surface area contributed by atoms with E-state index in [1.165, 1.54) is 18.2 Å². The van der Waals surface area contributed by atoms with Crippen molar-refractivity contribution in [3.63, 3.8) is 0 Å². The maximum atomic E-state index is 10.2. The fraction of sp³-hybridized carbons (Fsp3) is 0.318. The van der Waals surface area contributed by atoms with Gasteiger partial charge in [-0.2, -0.15) is 0 Å². The van der Waals surface area contributed by atoms with Crippen LogP contribution in [0.4, 0.5) is 22.7 Å². The normalized spacial score (nSPS) is 13.5. The molecule has 0 saturated heterocycles. The van der Waals surface area contributed by atoms with Gasteiger partial charge >= 0.3 is 0 Å². The number of benzene rings is 4. The molecule has 0 aliphatic rings. The number of phenolic OH excluding ortho intramolecular Hbond substituents is 2. The first kappa shape index (κ1) is 48.7. The van der Waals surface area contributed by atoms with Crippen LogP contribution in [0.15, 0.2) is 69.5 Å². The number of aromatic nitrogens is 4. The first-order valence-electron chi connectivity index (χ1n) is 19.4. The van der Waals surface area contributed by atoms with Gasteiger partial charge in [0.05, 0.1) is 45.4 Å². The van der Waals surface area contributed by atoms with E-state index < -0.39 is 26.5 Å². The first-order valence-corrected chi connectivity index (χ1v) is 23.9. The fourth-order valence-corrected chi connectivity index (χ4v) is 8.07. The lowest BCUT2D eigenvalue weighted by molar-refractivity contribution is 0.159.